The van der Waals surface area contributed by atoms with Gasteiger partial charge in [0, 0.05) is 42.9 Å². The molecule has 1 aliphatic heterocycles. The lowest BCUT2D eigenvalue weighted by atomic mass is 10.0. The number of amides is 1. The molecule has 3 rings (SSSR count). The monoisotopic (exact) mass is 284 g/mol. The molecule has 1 aliphatic rings. The largest absolute Gasteiger partial charge is 0.330 e. The molecule has 2 atom stereocenters. The van der Waals surface area contributed by atoms with Crippen molar-refractivity contribution in [3.63, 3.8) is 0 Å². The van der Waals surface area contributed by atoms with Crippen molar-refractivity contribution in [2.45, 2.75) is 38.8 Å². The lowest BCUT2D eigenvalue weighted by Crippen LogP contribution is -2.35. The molecule has 110 valence electrons. The summed E-state index contributed by atoms with van der Waals surface area (Å²) in [6.07, 6.45) is 3.99. The molecule has 2 unspecified atom stereocenters. The van der Waals surface area contributed by atoms with Crippen LogP contribution in [0.2, 0.25) is 0 Å². The second kappa shape index (κ2) is 5.33. The minimum Gasteiger partial charge on any atom is -0.330 e. The molecule has 2 heterocycles. The zero-order chi connectivity index (χ0) is 15.0. The summed E-state index contributed by atoms with van der Waals surface area (Å²) in [5.41, 5.74) is 8.92. The first-order valence-corrected chi connectivity index (χ1v) is 7.26. The van der Waals surface area contributed by atoms with Crippen molar-refractivity contribution in [2.24, 2.45) is 5.73 Å². The van der Waals surface area contributed by atoms with E-state index in [-0.39, 0.29) is 18.0 Å². The van der Waals surface area contributed by atoms with Crippen molar-refractivity contribution >= 4 is 11.6 Å². The average Bonchev–Trinajstić information content (AvgIpc) is 2.88. The van der Waals surface area contributed by atoms with E-state index in [0.717, 1.165) is 35.6 Å². The van der Waals surface area contributed by atoms with E-state index in [4.69, 9.17) is 10.7 Å². The van der Waals surface area contributed by atoms with Crippen molar-refractivity contribution < 1.29 is 4.79 Å². The number of nitrogens with zero attached hydrogens (tertiary/aromatic N) is 2. The van der Waals surface area contributed by atoms with Gasteiger partial charge in [-0.25, -0.2) is 4.98 Å². The highest BCUT2D eigenvalue weighted by molar-refractivity contribution is 5.88. The highest BCUT2D eigenvalue weighted by Crippen LogP contribution is 2.28. The van der Waals surface area contributed by atoms with Crippen LogP contribution in [0, 0.1) is 0 Å². The standard InChI is InChI=1S/C16H20N4O/c1-10-14(17)7-8-16-19-15(9-20(10)16)12-3-5-13(6-4-12)18-11(2)21/h3-6,9-10,14H,7-8,17H2,1-2H3,(H,18,21). The van der Waals surface area contributed by atoms with Gasteiger partial charge in [0.2, 0.25) is 5.91 Å². The fourth-order valence-electron chi connectivity index (χ4n) is 2.78. The summed E-state index contributed by atoms with van der Waals surface area (Å²) in [7, 11) is 0. The smallest absolute Gasteiger partial charge is 0.221 e. The van der Waals surface area contributed by atoms with E-state index in [0.29, 0.717) is 0 Å². The molecule has 0 saturated heterocycles. The zero-order valence-electron chi connectivity index (χ0n) is 12.3. The molecule has 1 aromatic carbocycles. The number of anilines is 1. The van der Waals surface area contributed by atoms with Crippen LogP contribution in [-0.2, 0) is 11.2 Å². The molecule has 21 heavy (non-hydrogen) atoms. The third-order valence-corrected chi connectivity index (χ3v) is 4.07. The predicted octanol–water partition coefficient (Wildman–Crippen LogP) is 2.34. The number of imidazole rings is 1. The first kappa shape index (κ1) is 13.8. The average molecular weight is 284 g/mol. The summed E-state index contributed by atoms with van der Waals surface area (Å²) in [5.74, 6) is 1.04. The van der Waals surface area contributed by atoms with Gasteiger partial charge in [-0.3, -0.25) is 4.79 Å². The Labute approximate surface area is 124 Å². The van der Waals surface area contributed by atoms with Gasteiger partial charge in [-0.2, -0.15) is 0 Å². The van der Waals surface area contributed by atoms with Gasteiger partial charge in [-0.1, -0.05) is 12.1 Å². The molecule has 0 bridgehead atoms. The maximum absolute atomic E-state index is 11.0. The van der Waals surface area contributed by atoms with Crippen molar-refractivity contribution in [2.75, 3.05) is 5.32 Å². The van der Waals surface area contributed by atoms with Crippen LogP contribution in [0.15, 0.2) is 30.5 Å². The topological polar surface area (TPSA) is 72.9 Å². The lowest BCUT2D eigenvalue weighted by Gasteiger charge is -2.27. The molecular weight excluding hydrogens is 264 g/mol. The maximum atomic E-state index is 11.0. The summed E-state index contributed by atoms with van der Waals surface area (Å²) >= 11 is 0. The van der Waals surface area contributed by atoms with Crippen molar-refractivity contribution in [3.8, 4) is 11.3 Å². The molecule has 1 aromatic heterocycles. The Bertz CT molecular complexity index is 659. The Balaban J connectivity index is 1.88. The molecule has 3 N–H and O–H groups in total. The summed E-state index contributed by atoms with van der Waals surface area (Å²) in [6.45, 7) is 3.64. The minimum absolute atomic E-state index is 0.0666. The van der Waals surface area contributed by atoms with Crippen LogP contribution >= 0.6 is 0 Å². The Hall–Kier alpha value is -2.14. The Morgan fingerprint density at radius 3 is 2.76 bits per heavy atom. The number of carbonyl (C=O) groups excluding carboxylic acids is 1. The van der Waals surface area contributed by atoms with E-state index in [1.165, 1.54) is 6.92 Å². The highest BCUT2D eigenvalue weighted by atomic mass is 16.1. The van der Waals surface area contributed by atoms with Crippen LogP contribution in [-0.4, -0.2) is 21.5 Å². The van der Waals surface area contributed by atoms with Gasteiger partial charge in [0.05, 0.1) is 5.69 Å². The third kappa shape index (κ3) is 2.69. The third-order valence-electron chi connectivity index (χ3n) is 4.07. The number of aromatic nitrogens is 2. The second-order valence-electron chi connectivity index (χ2n) is 5.65. The fraction of sp³-hybridized carbons (Fsp3) is 0.375. The SMILES string of the molecule is CC(=O)Nc1ccc(-c2cn3c(n2)CCC(N)C3C)cc1. The number of aryl methyl sites for hydroxylation is 1. The molecule has 2 aromatic rings. The van der Waals surface area contributed by atoms with Crippen molar-refractivity contribution in [3.05, 3.63) is 36.3 Å². The van der Waals surface area contributed by atoms with Gasteiger partial charge in [-0.05, 0) is 25.5 Å². The molecule has 0 radical (unpaired) electrons. The highest BCUT2D eigenvalue weighted by Gasteiger charge is 2.24. The summed E-state index contributed by atoms with van der Waals surface area (Å²) in [5, 5.41) is 2.76. The number of hydrogen-bond donors (Lipinski definition) is 2. The number of nitrogens with two attached hydrogens (primary N) is 1. The number of carbonyl (C=O) groups is 1. The van der Waals surface area contributed by atoms with E-state index in [1.54, 1.807) is 0 Å². The summed E-state index contributed by atoms with van der Waals surface area (Å²) < 4.78 is 2.19. The molecular formula is C16H20N4O. The van der Waals surface area contributed by atoms with Gasteiger partial charge >= 0.3 is 0 Å². The van der Waals surface area contributed by atoms with Crippen LogP contribution < -0.4 is 11.1 Å². The number of benzene rings is 1. The first-order chi connectivity index (χ1) is 10.0. The van der Waals surface area contributed by atoms with Gasteiger partial charge < -0.3 is 15.6 Å². The molecule has 0 aliphatic carbocycles. The van der Waals surface area contributed by atoms with Gasteiger partial charge in [0.1, 0.15) is 5.82 Å². The number of nitrogens with one attached hydrogen (secondary N) is 1. The quantitative estimate of drug-likeness (QED) is 0.889. The van der Waals surface area contributed by atoms with Crippen LogP contribution in [0.5, 0.6) is 0 Å². The molecule has 0 spiro atoms. The fourth-order valence-corrected chi connectivity index (χ4v) is 2.78. The molecule has 0 fully saturated rings. The minimum atomic E-state index is -0.0666. The normalized spacial score (nSPS) is 20.9. The molecule has 1 amide bonds. The van der Waals surface area contributed by atoms with E-state index in [9.17, 15) is 4.79 Å². The van der Waals surface area contributed by atoms with Crippen LogP contribution in [0.1, 0.15) is 32.1 Å². The Kier molecular flexibility index (Phi) is 3.51. The van der Waals surface area contributed by atoms with Gasteiger partial charge in [0.15, 0.2) is 0 Å². The van der Waals surface area contributed by atoms with E-state index in [1.807, 2.05) is 24.3 Å². The number of rotatable bonds is 2. The molecule has 5 heteroatoms. The number of hydrogen-bond acceptors (Lipinski definition) is 3. The molecule has 0 saturated carbocycles. The van der Waals surface area contributed by atoms with Crippen LogP contribution in [0.3, 0.4) is 0 Å². The van der Waals surface area contributed by atoms with Crippen LogP contribution in [0.4, 0.5) is 5.69 Å². The van der Waals surface area contributed by atoms with Crippen LogP contribution in [0.25, 0.3) is 11.3 Å². The van der Waals surface area contributed by atoms with Gasteiger partial charge in [-0.15, -0.1) is 0 Å². The predicted molar refractivity (Wildman–Crippen MR) is 83.0 cm³/mol. The van der Waals surface area contributed by atoms with Crippen molar-refractivity contribution in [1.82, 2.24) is 9.55 Å². The maximum Gasteiger partial charge on any atom is 0.221 e. The molecule has 5 nitrogen and oxygen atoms in total. The lowest BCUT2D eigenvalue weighted by molar-refractivity contribution is -0.114. The summed E-state index contributed by atoms with van der Waals surface area (Å²) in [4.78, 5) is 15.7. The zero-order valence-corrected chi connectivity index (χ0v) is 12.3. The Morgan fingerprint density at radius 1 is 1.38 bits per heavy atom. The van der Waals surface area contributed by atoms with E-state index in [2.05, 4.69) is 23.0 Å². The van der Waals surface area contributed by atoms with Gasteiger partial charge in [0.25, 0.3) is 0 Å². The summed E-state index contributed by atoms with van der Waals surface area (Å²) in [6, 6.07) is 8.22. The second-order valence-corrected chi connectivity index (χ2v) is 5.65. The van der Waals surface area contributed by atoms with E-state index >= 15 is 0 Å². The van der Waals surface area contributed by atoms with E-state index < -0.39 is 0 Å². The number of fused-ring (bicyclic) bond motifs is 1. The van der Waals surface area contributed by atoms with Crippen molar-refractivity contribution in [1.29, 1.82) is 0 Å². The Morgan fingerprint density at radius 2 is 2.10 bits per heavy atom. The first-order valence-electron chi connectivity index (χ1n) is 7.26.